The summed E-state index contributed by atoms with van der Waals surface area (Å²) < 4.78 is 5.18. The average molecular weight is 362 g/mol. The van der Waals surface area contributed by atoms with Crippen molar-refractivity contribution in [2.45, 2.75) is 32.9 Å². The summed E-state index contributed by atoms with van der Waals surface area (Å²) in [5, 5.41) is 5.13. The molecule has 2 N–H and O–H groups in total. The van der Waals surface area contributed by atoms with Gasteiger partial charge in [-0.2, -0.15) is 0 Å². The van der Waals surface area contributed by atoms with Crippen molar-refractivity contribution < 1.29 is 14.3 Å². The lowest BCUT2D eigenvalue weighted by molar-refractivity contribution is -0.121. The number of ether oxygens (including phenoxy) is 1. The van der Waals surface area contributed by atoms with Gasteiger partial charge in [-0.05, 0) is 31.0 Å². The molecule has 0 aromatic heterocycles. The minimum atomic E-state index is -0.414. The van der Waals surface area contributed by atoms with Crippen molar-refractivity contribution in [1.82, 2.24) is 20.4 Å². The largest absolute Gasteiger partial charge is 0.497 e. The molecule has 0 radical (unpaired) electrons. The Morgan fingerprint density at radius 2 is 1.73 bits per heavy atom. The van der Waals surface area contributed by atoms with Crippen LogP contribution in [0.2, 0.25) is 0 Å². The molecule has 0 spiro atoms. The molecule has 0 unspecified atom stereocenters. The molecule has 1 atom stereocenters. The zero-order valence-corrected chi connectivity index (χ0v) is 16.0. The van der Waals surface area contributed by atoms with Crippen LogP contribution in [0.3, 0.4) is 0 Å². The highest BCUT2D eigenvalue weighted by Crippen LogP contribution is 2.14. The van der Waals surface area contributed by atoms with Gasteiger partial charge in [0.25, 0.3) is 0 Å². The second kappa shape index (κ2) is 10.1. The maximum Gasteiger partial charge on any atom is 0.321 e. The molecule has 3 amide bonds. The Labute approximate surface area is 155 Å². The maximum absolute atomic E-state index is 12.0. The monoisotopic (exact) mass is 362 g/mol. The van der Waals surface area contributed by atoms with E-state index in [4.69, 9.17) is 4.74 Å². The Bertz CT molecular complexity index is 583. The number of benzene rings is 1. The number of imide groups is 1. The van der Waals surface area contributed by atoms with Gasteiger partial charge in [0.15, 0.2) is 0 Å². The van der Waals surface area contributed by atoms with E-state index in [1.165, 1.54) is 5.56 Å². The van der Waals surface area contributed by atoms with Crippen LogP contribution in [-0.2, 0) is 11.3 Å². The van der Waals surface area contributed by atoms with Crippen LogP contribution in [0.25, 0.3) is 0 Å². The van der Waals surface area contributed by atoms with Gasteiger partial charge in [-0.25, -0.2) is 4.79 Å². The lowest BCUT2D eigenvalue weighted by atomic mass is 10.2. The fourth-order valence-electron chi connectivity index (χ4n) is 2.83. The molecule has 144 valence electrons. The second-order valence-corrected chi connectivity index (χ2v) is 6.73. The molecular weight excluding hydrogens is 332 g/mol. The van der Waals surface area contributed by atoms with Gasteiger partial charge >= 0.3 is 6.03 Å². The molecule has 0 aliphatic carbocycles. The van der Waals surface area contributed by atoms with E-state index >= 15 is 0 Å². The predicted octanol–water partition coefficient (Wildman–Crippen LogP) is 1.44. The van der Waals surface area contributed by atoms with E-state index in [-0.39, 0.29) is 18.5 Å². The first-order valence-corrected chi connectivity index (χ1v) is 9.18. The van der Waals surface area contributed by atoms with Crippen LogP contribution in [0, 0.1) is 0 Å². The van der Waals surface area contributed by atoms with E-state index in [9.17, 15) is 9.59 Å². The third-order valence-electron chi connectivity index (χ3n) is 4.64. The zero-order valence-electron chi connectivity index (χ0n) is 16.0. The lowest BCUT2D eigenvalue weighted by Crippen LogP contribution is -2.51. The number of piperazine rings is 1. The number of carbonyl (C=O) groups is 2. The normalized spacial score (nSPS) is 16.7. The van der Waals surface area contributed by atoms with E-state index in [1.54, 1.807) is 7.11 Å². The summed E-state index contributed by atoms with van der Waals surface area (Å²) in [6.07, 6.45) is 0.831. The van der Waals surface area contributed by atoms with E-state index in [2.05, 4.69) is 32.6 Å². The molecular formula is C19H30N4O3. The topological polar surface area (TPSA) is 73.9 Å². The number of amides is 3. The first-order chi connectivity index (χ1) is 12.5. The molecule has 7 nitrogen and oxygen atoms in total. The van der Waals surface area contributed by atoms with Crippen LogP contribution in [-0.4, -0.2) is 67.6 Å². The van der Waals surface area contributed by atoms with E-state index in [0.29, 0.717) is 0 Å². The third kappa shape index (κ3) is 6.65. The summed E-state index contributed by atoms with van der Waals surface area (Å²) in [7, 11) is 1.67. The van der Waals surface area contributed by atoms with Crippen molar-refractivity contribution in [1.29, 1.82) is 0 Å². The lowest BCUT2D eigenvalue weighted by Gasteiger charge is -2.34. The summed E-state index contributed by atoms with van der Waals surface area (Å²) in [5.74, 6) is 0.608. The number of carbonyl (C=O) groups excluding carboxylic acids is 2. The Balaban J connectivity index is 1.69. The Morgan fingerprint density at radius 1 is 1.12 bits per heavy atom. The molecule has 1 aromatic carbocycles. The van der Waals surface area contributed by atoms with Gasteiger partial charge in [0, 0.05) is 38.8 Å². The Kier molecular flexibility index (Phi) is 7.87. The van der Waals surface area contributed by atoms with Gasteiger partial charge < -0.3 is 10.1 Å². The summed E-state index contributed by atoms with van der Waals surface area (Å²) in [6.45, 7) is 8.47. The van der Waals surface area contributed by atoms with Crippen LogP contribution in [0.5, 0.6) is 5.75 Å². The van der Waals surface area contributed by atoms with Gasteiger partial charge in [-0.15, -0.1) is 0 Å². The van der Waals surface area contributed by atoms with Gasteiger partial charge in [0.1, 0.15) is 5.75 Å². The second-order valence-electron chi connectivity index (χ2n) is 6.73. The number of nitrogens with zero attached hydrogens (tertiary/aromatic N) is 2. The zero-order chi connectivity index (χ0) is 18.9. The SMILES string of the molecule is CC[C@H](C)NC(=O)NC(=O)CN1CCN(Cc2ccc(OC)cc2)CC1. The molecule has 1 aromatic rings. The number of nitrogens with one attached hydrogen (secondary N) is 2. The number of hydrogen-bond acceptors (Lipinski definition) is 5. The Hall–Kier alpha value is -2.12. The first-order valence-electron chi connectivity index (χ1n) is 9.18. The van der Waals surface area contributed by atoms with Gasteiger partial charge in [0.05, 0.1) is 13.7 Å². The standard InChI is InChI=1S/C19H30N4O3/c1-4-15(2)20-19(25)21-18(24)14-23-11-9-22(10-12-23)13-16-5-7-17(26-3)8-6-16/h5-8,15H,4,9-14H2,1-3H3,(H2,20,21,24,25)/t15-/m0/s1. The number of methoxy groups -OCH3 is 1. The van der Waals surface area contributed by atoms with Crippen LogP contribution in [0.1, 0.15) is 25.8 Å². The molecule has 1 heterocycles. The van der Waals surface area contributed by atoms with E-state index < -0.39 is 6.03 Å². The summed E-state index contributed by atoms with van der Waals surface area (Å²) in [4.78, 5) is 28.1. The van der Waals surface area contributed by atoms with Crippen LogP contribution < -0.4 is 15.4 Å². The van der Waals surface area contributed by atoms with Crippen molar-refractivity contribution in [2.24, 2.45) is 0 Å². The summed E-state index contributed by atoms with van der Waals surface area (Å²) >= 11 is 0. The molecule has 0 bridgehead atoms. The number of urea groups is 1. The van der Waals surface area contributed by atoms with Gasteiger partial charge in [-0.3, -0.25) is 19.9 Å². The smallest absolute Gasteiger partial charge is 0.321 e. The molecule has 1 aliphatic rings. The molecule has 1 aliphatic heterocycles. The van der Waals surface area contributed by atoms with E-state index in [1.807, 2.05) is 26.0 Å². The van der Waals surface area contributed by atoms with Crippen molar-refractivity contribution in [3.8, 4) is 5.75 Å². The van der Waals surface area contributed by atoms with Crippen molar-refractivity contribution in [3.63, 3.8) is 0 Å². The minimum absolute atomic E-state index is 0.0595. The fourth-order valence-corrected chi connectivity index (χ4v) is 2.83. The van der Waals surface area contributed by atoms with Crippen molar-refractivity contribution >= 4 is 11.9 Å². The van der Waals surface area contributed by atoms with Crippen LogP contribution >= 0.6 is 0 Å². The fraction of sp³-hybridized carbons (Fsp3) is 0.579. The molecule has 2 rings (SSSR count). The van der Waals surface area contributed by atoms with E-state index in [0.717, 1.165) is 44.9 Å². The van der Waals surface area contributed by atoms with Gasteiger partial charge in [-0.1, -0.05) is 19.1 Å². The van der Waals surface area contributed by atoms with Crippen molar-refractivity contribution in [2.75, 3.05) is 39.8 Å². The Morgan fingerprint density at radius 3 is 2.31 bits per heavy atom. The van der Waals surface area contributed by atoms with Crippen LogP contribution in [0.15, 0.2) is 24.3 Å². The maximum atomic E-state index is 12.0. The number of hydrogen-bond donors (Lipinski definition) is 2. The quantitative estimate of drug-likeness (QED) is 0.768. The summed E-state index contributed by atoms with van der Waals surface area (Å²) in [5.41, 5.74) is 1.25. The minimum Gasteiger partial charge on any atom is -0.497 e. The molecule has 0 saturated carbocycles. The van der Waals surface area contributed by atoms with Crippen molar-refractivity contribution in [3.05, 3.63) is 29.8 Å². The summed E-state index contributed by atoms with van der Waals surface area (Å²) in [6, 6.07) is 7.75. The third-order valence-corrected chi connectivity index (χ3v) is 4.64. The first kappa shape index (κ1) is 20.2. The molecule has 26 heavy (non-hydrogen) atoms. The van der Waals surface area contributed by atoms with Gasteiger partial charge in [0.2, 0.25) is 5.91 Å². The highest BCUT2D eigenvalue weighted by atomic mass is 16.5. The predicted molar refractivity (Wildman–Crippen MR) is 101 cm³/mol. The highest BCUT2D eigenvalue weighted by molar-refractivity contribution is 5.95. The van der Waals surface area contributed by atoms with Crippen LogP contribution in [0.4, 0.5) is 4.79 Å². The molecule has 1 saturated heterocycles. The molecule has 1 fully saturated rings. The number of rotatable bonds is 7. The average Bonchev–Trinajstić information content (AvgIpc) is 2.63. The molecule has 7 heteroatoms. The highest BCUT2D eigenvalue weighted by Gasteiger charge is 2.20.